The van der Waals surface area contributed by atoms with Crippen LogP contribution in [-0.4, -0.2) is 39.5 Å². The highest BCUT2D eigenvalue weighted by molar-refractivity contribution is 5.73. The van der Waals surface area contributed by atoms with Crippen LogP contribution in [0.3, 0.4) is 0 Å². The molecule has 5 heteroatoms. The molecule has 28 heavy (non-hydrogen) atoms. The summed E-state index contributed by atoms with van der Waals surface area (Å²) in [6, 6.07) is 10.0. The van der Waals surface area contributed by atoms with Crippen molar-refractivity contribution >= 4 is 5.91 Å². The van der Waals surface area contributed by atoms with Crippen LogP contribution in [-0.2, 0) is 11.2 Å². The molecule has 0 spiro atoms. The number of benzene rings is 1. The summed E-state index contributed by atoms with van der Waals surface area (Å²) in [5, 5.41) is 30.8. The Hall–Kier alpha value is -1.95. The standard InChI is InChI=1S/C23H33NO4/c24-23(28)11-7-2-1-6-10-19-20(22(27)16-21(19)26)15-14-18(25)13-12-17-8-4-3-5-9-17/h1,3-6,8-9,14-15,18-22,25-27H,2,7,10-13,16H2,(H2,24,28). The minimum absolute atomic E-state index is 0.0695. The zero-order valence-corrected chi connectivity index (χ0v) is 16.4. The molecule has 1 aromatic carbocycles. The molecule has 5 N–H and O–H groups in total. The average molecular weight is 388 g/mol. The minimum Gasteiger partial charge on any atom is -0.393 e. The van der Waals surface area contributed by atoms with Crippen molar-refractivity contribution in [1.29, 1.82) is 0 Å². The number of carbonyl (C=O) groups excluding carboxylic acids is 1. The maximum atomic E-state index is 10.7. The number of aryl methyl sites for hydroxylation is 1. The van der Waals surface area contributed by atoms with Gasteiger partial charge in [-0.05, 0) is 43.6 Å². The average Bonchev–Trinajstić information content (AvgIpc) is 2.94. The molecule has 5 unspecified atom stereocenters. The third kappa shape index (κ3) is 7.58. The van der Waals surface area contributed by atoms with Gasteiger partial charge in [-0.2, -0.15) is 0 Å². The predicted octanol–water partition coefficient (Wildman–Crippen LogP) is 2.50. The van der Waals surface area contributed by atoms with Crippen LogP contribution in [0.5, 0.6) is 0 Å². The van der Waals surface area contributed by atoms with E-state index in [9.17, 15) is 20.1 Å². The number of unbranched alkanes of at least 4 members (excludes halogenated alkanes) is 1. The molecule has 1 aliphatic rings. The molecule has 0 aromatic heterocycles. The Balaban J connectivity index is 1.82. The molecular weight excluding hydrogens is 354 g/mol. The number of rotatable bonds is 11. The van der Waals surface area contributed by atoms with E-state index >= 15 is 0 Å². The fourth-order valence-electron chi connectivity index (χ4n) is 3.78. The quantitative estimate of drug-likeness (QED) is 0.346. The van der Waals surface area contributed by atoms with Gasteiger partial charge in [0.1, 0.15) is 0 Å². The van der Waals surface area contributed by atoms with Gasteiger partial charge in [-0.1, -0.05) is 54.6 Å². The van der Waals surface area contributed by atoms with Gasteiger partial charge in [0.15, 0.2) is 0 Å². The molecule has 0 radical (unpaired) electrons. The van der Waals surface area contributed by atoms with E-state index < -0.39 is 18.3 Å². The third-order valence-corrected chi connectivity index (χ3v) is 5.41. The molecule has 2 rings (SSSR count). The summed E-state index contributed by atoms with van der Waals surface area (Å²) in [6.45, 7) is 0. The van der Waals surface area contributed by atoms with Crippen molar-refractivity contribution in [1.82, 2.24) is 0 Å². The molecule has 154 valence electrons. The molecule has 0 saturated heterocycles. The monoisotopic (exact) mass is 387 g/mol. The summed E-state index contributed by atoms with van der Waals surface area (Å²) in [6.07, 6.45) is 10.2. The van der Waals surface area contributed by atoms with E-state index in [1.165, 1.54) is 5.56 Å². The summed E-state index contributed by atoms with van der Waals surface area (Å²) < 4.78 is 0. The molecule has 5 nitrogen and oxygen atoms in total. The highest BCUT2D eigenvalue weighted by Crippen LogP contribution is 2.36. The van der Waals surface area contributed by atoms with Gasteiger partial charge in [-0.25, -0.2) is 0 Å². The minimum atomic E-state index is -0.596. The van der Waals surface area contributed by atoms with Crippen LogP contribution in [0.4, 0.5) is 0 Å². The van der Waals surface area contributed by atoms with E-state index in [0.29, 0.717) is 25.7 Å². The zero-order chi connectivity index (χ0) is 20.4. The van der Waals surface area contributed by atoms with Crippen LogP contribution < -0.4 is 5.73 Å². The second-order valence-corrected chi connectivity index (χ2v) is 7.65. The molecular formula is C23H33NO4. The van der Waals surface area contributed by atoms with Crippen LogP contribution in [0.15, 0.2) is 54.6 Å². The second kappa shape index (κ2) is 11.8. The molecule has 1 aromatic rings. The lowest BCUT2D eigenvalue weighted by molar-refractivity contribution is -0.118. The SMILES string of the molecule is NC(=O)CCCC=CCC1C(O)CC(O)C1C=CC(O)CCc1ccccc1. The van der Waals surface area contributed by atoms with Crippen molar-refractivity contribution in [3.8, 4) is 0 Å². The largest absolute Gasteiger partial charge is 0.393 e. The molecule has 0 heterocycles. The first-order valence-corrected chi connectivity index (χ1v) is 10.2. The van der Waals surface area contributed by atoms with Gasteiger partial charge in [0.25, 0.3) is 0 Å². The van der Waals surface area contributed by atoms with Crippen LogP contribution in [0.2, 0.25) is 0 Å². The summed E-state index contributed by atoms with van der Waals surface area (Å²) in [7, 11) is 0. The number of amides is 1. The Morgan fingerprint density at radius 3 is 2.64 bits per heavy atom. The molecule has 5 atom stereocenters. The number of hydrogen-bond donors (Lipinski definition) is 4. The molecule has 1 amide bonds. The normalized spacial score (nSPS) is 26.2. The fourth-order valence-corrected chi connectivity index (χ4v) is 3.78. The summed E-state index contributed by atoms with van der Waals surface area (Å²) in [5.74, 6) is -0.532. The van der Waals surface area contributed by atoms with E-state index in [-0.39, 0.29) is 17.7 Å². The van der Waals surface area contributed by atoms with Crippen molar-refractivity contribution in [2.75, 3.05) is 0 Å². The highest BCUT2D eigenvalue weighted by atomic mass is 16.3. The van der Waals surface area contributed by atoms with Crippen LogP contribution >= 0.6 is 0 Å². The lowest BCUT2D eigenvalue weighted by Gasteiger charge is -2.19. The Labute approximate surface area is 167 Å². The van der Waals surface area contributed by atoms with E-state index in [1.807, 2.05) is 48.6 Å². The molecule has 1 fully saturated rings. The number of aliphatic hydroxyl groups is 3. The summed E-state index contributed by atoms with van der Waals surface area (Å²) >= 11 is 0. The highest BCUT2D eigenvalue weighted by Gasteiger charge is 2.39. The first kappa shape index (κ1) is 22.3. The maximum Gasteiger partial charge on any atom is 0.217 e. The van der Waals surface area contributed by atoms with E-state index in [1.54, 1.807) is 6.08 Å². The number of carbonyl (C=O) groups is 1. The number of hydrogen-bond acceptors (Lipinski definition) is 4. The number of primary amides is 1. The molecule has 1 saturated carbocycles. The fraction of sp³-hybridized carbons (Fsp3) is 0.522. The lowest BCUT2D eigenvalue weighted by atomic mass is 9.89. The topological polar surface area (TPSA) is 104 Å². The molecule has 1 aliphatic carbocycles. The van der Waals surface area contributed by atoms with Crippen molar-refractivity contribution < 1.29 is 20.1 Å². The smallest absolute Gasteiger partial charge is 0.217 e. The van der Waals surface area contributed by atoms with Crippen molar-refractivity contribution in [2.24, 2.45) is 17.6 Å². The number of allylic oxidation sites excluding steroid dienone is 2. The van der Waals surface area contributed by atoms with Crippen LogP contribution in [0.1, 0.15) is 44.1 Å². The first-order valence-electron chi connectivity index (χ1n) is 10.2. The van der Waals surface area contributed by atoms with Gasteiger partial charge >= 0.3 is 0 Å². The first-order chi connectivity index (χ1) is 13.5. The Morgan fingerprint density at radius 1 is 1.18 bits per heavy atom. The number of nitrogens with two attached hydrogens (primary N) is 1. The molecule has 0 bridgehead atoms. The van der Waals surface area contributed by atoms with Gasteiger partial charge in [-0.3, -0.25) is 4.79 Å². The Kier molecular flexibility index (Phi) is 9.41. The summed E-state index contributed by atoms with van der Waals surface area (Å²) in [5.41, 5.74) is 6.30. The predicted molar refractivity (Wildman–Crippen MR) is 110 cm³/mol. The Morgan fingerprint density at radius 2 is 1.93 bits per heavy atom. The van der Waals surface area contributed by atoms with Gasteiger partial charge in [0, 0.05) is 18.8 Å². The van der Waals surface area contributed by atoms with Gasteiger partial charge in [0.2, 0.25) is 5.91 Å². The summed E-state index contributed by atoms with van der Waals surface area (Å²) in [4.78, 5) is 10.7. The zero-order valence-electron chi connectivity index (χ0n) is 16.4. The van der Waals surface area contributed by atoms with Crippen molar-refractivity contribution in [3.05, 3.63) is 60.2 Å². The second-order valence-electron chi connectivity index (χ2n) is 7.65. The van der Waals surface area contributed by atoms with Crippen molar-refractivity contribution in [3.63, 3.8) is 0 Å². The maximum absolute atomic E-state index is 10.7. The van der Waals surface area contributed by atoms with E-state index in [4.69, 9.17) is 5.73 Å². The third-order valence-electron chi connectivity index (χ3n) is 5.41. The Bertz CT molecular complexity index is 643. The molecule has 0 aliphatic heterocycles. The van der Waals surface area contributed by atoms with Crippen LogP contribution in [0, 0.1) is 11.8 Å². The lowest BCUT2D eigenvalue weighted by Crippen LogP contribution is -2.20. The number of aliphatic hydroxyl groups excluding tert-OH is 3. The van der Waals surface area contributed by atoms with Crippen LogP contribution in [0.25, 0.3) is 0 Å². The van der Waals surface area contributed by atoms with Crippen molar-refractivity contribution in [2.45, 2.75) is 63.3 Å². The van der Waals surface area contributed by atoms with E-state index in [0.717, 1.165) is 19.3 Å². The van der Waals surface area contributed by atoms with E-state index in [2.05, 4.69) is 0 Å². The van der Waals surface area contributed by atoms with Gasteiger partial charge in [0.05, 0.1) is 18.3 Å². The van der Waals surface area contributed by atoms with Gasteiger partial charge in [-0.15, -0.1) is 0 Å². The van der Waals surface area contributed by atoms with Gasteiger partial charge < -0.3 is 21.1 Å².